The fourth-order valence-corrected chi connectivity index (χ4v) is 3.00. The molecule has 0 heterocycles. The minimum atomic E-state index is -0.499. The van der Waals surface area contributed by atoms with Gasteiger partial charge >= 0.3 is 5.97 Å². The number of benzene rings is 2. The Morgan fingerprint density at radius 1 is 1.08 bits per heavy atom. The maximum absolute atomic E-state index is 12.1. The van der Waals surface area contributed by atoms with Crippen LogP contribution in [-0.4, -0.2) is 24.6 Å². The van der Waals surface area contributed by atoms with Crippen molar-refractivity contribution in [3.05, 3.63) is 64.7 Å². The van der Waals surface area contributed by atoms with Gasteiger partial charge in [-0.25, -0.2) is 4.79 Å². The monoisotopic (exact) mass is 351 g/mol. The molecule has 1 aliphatic carbocycles. The van der Waals surface area contributed by atoms with Crippen LogP contribution in [0.2, 0.25) is 0 Å². The molecular weight excluding hydrogens is 330 g/mol. The summed E-state index contributed by atoms with van der Waals surface area (Å²) in [6.45, 7) is -0.193. The second kappa shape index (κ2) is 8.29. The zero-order valence-electron chi connectivity index (χ0n) is 14.4. The van der Waals surface area contributed by atoms with E-state index in [0.717, 1.165) is 24.8 Å². The van der Waals surface area contributed by atoms with Gasteiger partial charge in [0.05, 0.1) is 6.21 Å². The number of nitrogens with two attached hydrogens (primary N) is 1. The van der Waals surface area contributed by atoms with Crippen LogP contribution < -0.4 is 15.9 Å². The third-order valence-corrected chi connectivity index (χ3v) is 4.34. The van der Waals surface area contributed by atoms with Crippen LogP contribution in [0.15, 0.2) is 47.6 Å². The van der Waals surface area contributed by atoms with Gasteiger partial charge in [-0.05, 0) is 66.6 Å². The fourth-order valence-electron chi connectivity index (χ4n) is 3.00. The number of carbonyl (C=O) groups is 2. The Morgan fingerprint density at radius 2 is 1.81 bits per heavy atom. The van der Waals surface area contributed by atoms with Crippen molar-refractivity contribution < 1.29 is 14.3 Å². The summed E-state index contributed by atoms with van der Waals surface area (Å²) in [7, 11) is 0. The summed E-state index contributed by atoms with van der Waals surface area (Å²) in [4.78, 5) is 24.1. The number of carbonyl (C=O) groups excluding carboxylic acids is 2. The maximum Gasteiger partial charge on any atom is 0.330 e. The molecule has 3 rings (SSSR count). The Labute approximate surface area is 152 Å². The number of hydrogen-bond donors (Lipinski definition) is 2. The molecule has 0 saturated carbocycles. The highest BCUT2D eigenvalue weighted by Crippen LogP contribution is 2.25. The first-order valence-corrected chi connectivity index (χ1v) is 8.60. The number of amides is 1. The Bertz CT molecular complexity index is 829. The molecular formula is C20H21N3O3. The van der Waals surface area contributed by atoms with Gasteiger partial charge in [0.25, 0.3) is 5.91 Å². The highest BCUT2D eigenvalue weighted by Gasteiger charge is 2.13. The van der Waals surface area contributed by atoms with Gasteiger partial charge in [0.1, 0.15) is 12.3 Å². The summed E-state index contributed by atoms with van der Waals surface area (Å²) in [6.07, 6.45) is 5.95. The van der Waals surface area contributed by atoms with Crippen molar-refractivity contribution in [3.63, 3.8) is 0 Å². The van der Waals surface area contributed by atoms with Gasteiger partial charge in [-0.1, -0.05) is 18.2 Å². The van der Waals surface area contributed by atoms with Crippen molar-refractivity contribution >= 4 is 18.1 Å². The number of nitrogens with zero attached hydrogens (tertiary/aromatic N) is 1. The lowest BCUT2D eigenvalue weighted by atomic mass is 9.92. The molecule has 0 atom stereocenters. The summed E-state index contributed by atoms with van der Waals surface area (Å²) < 4.78 is 5.33. The van der Waals surface area contributed by atoms with E-state index in [0.29, 0.717) is 11.3 Å². The number of rotatable bonds is 5. The van der Waals surface area contributed by atoms with Crippen LogP contribution in [0.25, 0.3) is 0 Å². The molecule has 1 amide bonds. The number of fused-ring (bicyclic) bond motifs is 1. The van der Waals surface area contributed by atoms with E-state index in [-0.39, 0.29) is 12.5 Å². The van der Waals surface area contributed by atoms with Gasteiger partial charge in [0.15, 0.2) is 0 Å². The van der Waals surface area contributed by atoms with Crippen molar-refractivity contribution in [2.24, 2.45) is 10.9 Å². The standard InChI is InChI=1S/C20H21N3O3/c21-23-12-14-5-7-16(8-6-14)20(25)22-13-19(24)26-18-10-9-15-3-1-2-4-17(15)11-18/h5-12H,1-4,13,21H2,(H,22,25)/b23-12+. The molecule has 0 spiro atoms. The van der Waals surface area contributed by atoms with E-state index < -0.39 is 5.97 Å². The van der Waals surface area contributed by atoms with Gasteiger partial charge in [0.2, 0.25) is 0 Å². The van der Waals surface area contributed by atoms with E-state index in [1.54, 1.807) is 24.3 Å². The normalized spacial score (nSPS) is 13.2. The molecule has 0 radical (unpaired) electrons. The molecule has 6 heteroatoms. The SMILES string of the molecule is N/N=C/c1ccc(C(=O)NCC(=O)Oc2ccc3c(c2)CCCC3)cc1. The Morgan fingerprint density at radius 3 is 2.54 bits per heavy atom. The average molecular weight is 351 g/mol. The molecule has 134 valence electrons. The number of esters is 1. The summed E-state index contributed by atoms with van der Waals surface area (Å²) in [5.41, 5.74) is 3.80. The van der Waals surface area contributed by atoms with Gasteiger partial charge in [-0.3, -0.25) is 4.79 Å². The van der Waals surface area contributed by atoms with Crippen LogP contribution in [0.4, 0.5) is 0 Å². The summed E-state index contributed by atoms with van der Waals surface area (Å²) in [6, 6.07) is 12.5. The molecule has 6 nitrogen and oxygen atoms in total. The van der Waals surface area contributed by atoms with E-state index in [1.165, 1.54) is 23.8 Å². The molecule has 2 aromatic carbocycles. The van der Waals surface area contributed by atoms with Crippen molar-refractivity contribution in [3.8, 4) is 5.75 Å². The quantitative estimate of drug-likeness (QED) is 0.284. The van der Waals surface area contributed by atoms with Crippen LogP contribution in [0.5, 0.6) is 5.75 Å². The lowest BCUT2D eigenvalue weighted by Gasteiger charge is -2.16. The Hall–Kier alpha value is -3.15. The first-order valence-electron chi connectivity index (χ1n) is 8.60. The van der Waals surface area contributed by atoms with E-state index in [4.69, 9.17) is 10.6 Å². The number of aryl methyl sites for hydroxylation is 2. The van der Waals surface area contributed by atoms with Gasteiger partial charge < -0.3 is 15.9 Å². The third-order valence-electron chi connectivity index (χ3n) is 4.34. The summed E-state index contributed by atoms with van der Waals surface area (Å²) >= 11 is 0. The number of hydrogen-bond acceptors (Lipinski definition) is 5. The third kappa shape index (κ3) is 4.47. The van der Waals surface area contributed by atoms with Crippen molar-refractivity contribution in [1.29, 1.82) is 0 Å². The molecule has 0 aliphatic heterocycles. The zero-order valence-corrected chi connectivity index (χ0v) is 14.4. The van der Waals surface area contributed by atoms with Crippen LogP contribution in [0.3, 0.4) is 0 Å². The fraction of sp³-hybridized carbons (Fsp3) is 0.250. The predicted molar refractivity (Wildman–Crippen MR) is 99.3 cm³/mol. The minimum Gasteiger partial charge on any atom is -0.425 e. The zero-order chi connectivity index (χ0) is 18.4. The second-order valence-electron chi connectivity index (χ2n) is 6.19. The molecule has 26 heavy (non-hydrogen) atoms. The van der Waals surface area contributed by atoms with Crippen LogP contribution in [0.1, 0.15) is 39.9 Å². The first kappa shape index (κ1) is 17.7. The van der Waals surface area contributed by atoms with Gasteiger partial charge in [0, 0.05) is 5.56 Å². The van der Waals surface area contributed by atoms with Crippen LogP contribution >= 0.6 is 0 Å². The van der Waals surface area contributed by atoms with Crippen LogP contribution in [0, 0.1) is 0 Å². The highest BCUT2D eigenvalue weighted by atomic mass is 16.5. The lowest BCUT2D eigenvalue weighted by molar-refractivity contribution is -0.133. The highest BCUT2D eigenvalue weighted by molar-refractivity contribution is 5.96. The average Bonchev–Trinajstić information content (AvgIpc) is 2.67. The van der Waals surface area contributed by atoms with Gasteiger partial charge in [-0.2, -0.15) is 5.10 Å². The van der Waals surface area contributed by atoms with E-state index in [1.807, 2.05) is 18.2 Å². The van der Waals surface area contributed by atoms with Gasteiger partial charge in [-0.15, -0.1) is 0 Å². The molecule has 0 saturated heterocycles. The van der Waals surface area contributed by atoms with E-state index in [9.17, 15) is 9.59 Å². The lowest BCUT2D eigenvalue weighted by Crippen LogP contribution is -2.31. The number of nitrogens with one attached hydrogen (secondary N) is 1. The smallest absolute Gasteiger partial charge is 0.330 e. The molecule has 2 aromatic rings. The summed E-state index contributed by atoms with van der Waals surface area (Å²) in [5.74, 6) is 4.76. The number of hydrazone groups is 1. The largest absolute Gasteiger partial charge is 0.425 e. The molecule has 1 aliphatic rings. The molecule has 3 N–H and O–H groups in total. The van der Waals surface area contributed by atoms with Crippen molar-refractivity contribution in [2.45, 2.75) is 25.7 Å². The predicted octanol–water partition coefficient (Wildman–Crippen LogP) is 2.19. The van der Waals surface area contributed by atoms with E-state index >= 15 is 0 Å². The number of ether oxygens (including phenoxy) is 1. The molecule has 0 bridgehead atoms. The molecule has 0 aromatic heterocycles. The maximum atomic E-state index is 12.1. The Kier molecular flexibility index (Phi) is 5.63. The van der Waals surface area contributed by atoms with Crippen molar-refractivity contribution in [1.82, 2.24) is 5.32 Å². The molecule has 0 unspecified atom stereocenters. The summed E-state index contributed by atoms with van der Waals surface area (Å²) in [5, 5.41) is 5.98. The van der Waals surface area contributed by atoms with E-state index in [2.05, 4.69) is 10.4 Å². The van der Waals surface area contributed by atoms with Crippen molar-refractivity contribution in [2.75, 3.05) is 6.54 Å². The minimum absolute atomic E-state index is 0.193. The molecule has 0 fully saturated rings. The topological polar surface area (TPSA) is 93.8 Å². The Balaban J connectivity index is 1.52. The van der Waals surface area contributed by atoms with Crippen LogP contribution in [-0.2, 0) is 17.6 Å². The second-order valence-corrected chi connectivity index (χ2v) is 6.19. The first-order chi connectivity index (χ1) is 12.7.